The number of rotatable bonds is 4. The molecule has 2 aromatic carbocycles. The van der Waals surface area contributed by atoms with Crippen LogP contribution in [0.3, 0.4) is 0 Å². The number of halogens is 2. The molecule has 3 aromatic rings. The van der Waals surface area contributed by atoms with E-state index in [-0.39, 0.29) is 5.56 Å². The highest BCUT2D eigenvalue weighted by Crippen LogP contribution is 2.31. The van der Waals surface area contributed by atoms with Crippen LogP contribution in [0.25, 0.3) is 10.2 Å². The van der Waals surface area contributed by atoms with Crippen LogP contribution < -0.4 is 5.73 Å². The first-order valence-electron chi connectivity index (χ1n) is 6.32. The van der Waals surface area contributed by atoms with E-state index in [2.05, 4.69) is 4.98 Å². The molecule has 0 fully saturated rings. The minimum atomic E-state index is -0.572. The number of nitrogens with two attached hydrogens (primary N) is 1. The predicted molar refractivity (Wildman–Crippen MR) is 83.6 cm³/mol. The summed E-state index contributed by atoms with van der Waals surface area (Å²) >= 11 is 3.03. The van der Waals surface area contributed by atoms with Gasteiger partial charge >= 0.3 is 0 Å². The zero-order chi connectivity index (χ0) is 14.8. The summed E-state index contributed by atoms with van der Waals surface area (Å²) in [6.45, 7) is 0. The van der Waals surface area contributed by atoms with Gasteiger partial charge in [0.25, 0.3) is 0 Å². The molecule has 108 valence electrons. The van der Waals surface area contributed by atoms with E-state index in [1.807, 2.05) is 24.3 Å². The molecule has 1 atom stereocenters. The van der Waals surface area contributed by atoms with Crippen LogP contribution in [0.5, 0.6) is 0 Å². The first-order chi connectivity index (χ1) is 10.1. The highest BCUT2D eigenvalue weighted by molar-refractivity contribution is 8.01. The summed E-state index contributed by atoms with van der Waals surface area (Å²) < 4.78 is 28.8. The zero-order valence-electron chi connectivity index (χ0n) is 10.9. The molecule has 0 bridgehead atoms. The Morgan fingerprint density at radius 3 is 2.81 bits per heavy atom. The van der Waals surface area contributed by atoms with Gasteiger partial charge in [0.05, 0.1) is 10.2 Å². The van der Waals surface area contributed by atoms with Crippen molar-refractivity contribution in [1.82, 2.24) is 4.98 Å². The number of fused-ring (bicyclic) bond motifs is 1. The maximum Gasteiger partial charge on any atom is 0.151 e. The van der Waals surface area contributed by atoms with Crippen LogP contribution in [0.1, 0.15) is 11.6 Å². The van der Waals surface area contributed by atoms with Crippen LogP contribution in [0.4, 0.5) is 8.78 Å². The fourth-order valence-electron chi connectivity index (χ4n) is 1.96. The molecular weight excluding hydrogens is 310 g/mol. The van der Waals surface area contributed by atoms with E-state index >= 15 is 0 Å². The average Bonchev–Trinajstić information content (AvgIpc) is 2.90. The highest BCUT2D eigenvalue weighted by Gasteiger charge is 2.14. The molecule has 0 aliphatic carbocycles. The third kappa shape index (κ3) is 3.23. The molecule has 1 aromatic heterocycles. The van der Waals surface area contributed by atoms with Crippen molar-refractivity contribution in [2.24, 2.45) is 5.73 Å². The molecule has 0 aliphatic heterocycles. The number of thioether (sulfide) groups is 1. The number of para-hydroxylation sites is 1. The van der Waals surface area contributed by atoms with E-state index in [1.54, 1.807) is 11.3 Å². The van der Waals surface area contributed by atoms with Crippen LogP contribution in [0, 0.1) is 11.6 Å². The zero-order valence-corrected chi connectivity index (χ0v) is 12.6. The van der Waals surface area contributed by atoms with Gasteiger partial charge in [0.15, 0.2) is 4.34 Å². The van der Waals surface area contributed by atoms with Crippen molar-refractivity contribution in [3.63, 3.8) is 0 Å². The quantitative estimate of drug-likeness (QED) is 0.725. The molecule has 0 radical (unpaired) electrons. The number of aromatic nitrogens is 1. The highest BCUT2D eigenvalue weighted by atomic mass is 32.2. The summed E-state index contributed by atoms with van der Waals surface area (Å²) in [6, 6.07) is 10.6. The molecule has 0 spiro atoms. The standard InChI is InChI=1S/C15H12F2N2S2/c16-9-5-6-11(17)10(7-9)12(18)8-20-15-19-13-3-1-2-4-14(13)21-15/h1-7,12H,8,18H2. The van der Waals surface area contributed by atoms with Gasteiger partial charge in [0, 0.05) is 17.4 Å². The van der Waals surface area contributed by atoms with E-state index in [0.717, 1.165) is 32.8 Å². The maximum atomic E-state index is 13.6. The van der Waals surface area contributed by atoms with Crippen LogP contribution in [-0.4, -0.2) is 10.7 Å². The molecule has 3 rings (SSSR count). The number of hydrogen-bond donors (Lipinski definition) is 1. The fourth-order valence-corrected chi connectivity index (χ4v) is 4.03. The molecule has 2 N–H and O–H groups in total. The molecule has 21 heavy (non-hydrogen) atoms. The van der Waals surface area contributed by atoms with Crippen molar-refractivity contribution in [2.75, 3.05) is 5.75 Å². The van der Waals surface area contributed by atoms with Gasteiger partial charge < -0.3 is 5.73 Å². The Labute approximate surface area is 129 Å². The van der Waals surface area contributed by atoms with Crippen LogP contribution in [0.2, 0.25) is 0 Å². The van der Waals surface area contributed by atoms with E-state index in [9.17, 15) is 8.78 Å². The lowest BCUT2D eigenvalue weighted by Gasteiger charge is -2.11. The van der Waals surface area contributed by atoms with Gasteiger partial charge in [-0.3, -0.25) is 0 Å². The lowest BCUT2D eigenvalue weighted by Crippen LogP contribution is -2.15. The van der Waals surface area contributed by atoms with Crippen molar-refractivity contribution in [1.29, 1.82) is 0 Å². The predicted octanol–water partition coefficient (Wildman–Crippen LogP) is 4.37. The lowest BCUT2D eigenvalue weighted by molar-refractivity contribution is 0.573. The summed E-state index contributed by atoms with van der Waals surface area (Å²) in [6.07, 6.45) is 0. The van der Waals surface area contributed by atoms with E-state index < -0.39 is 17.7 Å². The Morgan fingerprint density at radius 1 is 1.19 bits per heavy atom. The Hall–Kier alpha value is -1.50. The van der Waals surface area contributed by atoms with Crippen LogP contribution in [-0.2, 0) is 0 Å². The molecule has 0 aliphatic rings. The number of hydrogen-bond acceptors (Lipinski definition) is 4. The molecule has 2 nitrogen and oxygen atoms in total. The second-order valence-electron chi connectivity index (χ2n) is 4.53. The molecule has 1 unspecified atom stereocenters. The van der Waals surface area contributed by atoms with Crippen molar-refractivity contribution < 1.29 is 8.78 Å². The van der Waals surface area contributed by atoms with Gasteiger partial charge in [0.2, 0.25) is 0 Å². The van der Waals surface area contributed by atoms with E-state index in [1.165, 1.54) is 11.8 Å². The minimum absolute atomic E-state index is 0.198. The molecule has 0 saturated carbocycles. The summed E-state index contributed by atoms with van der Waals surface area (Å²) in [5.41, 5.74) is 7.09. The van der Waals surface area contributed by atoms with Crippen molar-refractivity contribution in [3.8, 4) is 0 Å². The monoisotopic (exact) mass is 322 g/mol. The van der Waals surface area contributed by atoms with Gasteiger partial charge in [-0.15, -0.1) is 11.3 Å². The van der Waals surface area contributed by atoms with Crippen molar-refractivity contribution in [2.45, 2.75) is 10.4 Å². The normalized spacial score (nSPS) is 12.7. The number of benzene rings is 2. The van der Waals surface area contributed by atoms with Gasteiger partial charge in [-0.25, -0.2) is 13.8 Å². The van der Waals surface area contributed by atoms with E-state index in [4.69, 9.17) is 5.73 Å². The molecular formula is C15H12F2N2S2. The first kappa shape index (κ1) is 14.4. The second kappa shape index (κ2) is 6.09. The molecule has 1 heterocycles. The molecule has 0 saturated heterocycles. The molecule has 6 heteroatoms. The largest absolute Gasteiger partial charge is 0.323 e. The smallest absolute Gasteiger partial charge is 0.151 e. The van der Waals surface area contributed by atoms with Crippen molar-refractivity contribution >= 4 is 33.3 Å². The minimum Gasteiger partial charge on any atom is -0.323 e. The van der Waals surface area contributed by atoms with Gasteiger partial charge in [-0.05, 0) is 30.3 Å². The fraction of sp³-hybridized carbons (Fsp3) is 0.133. The Kier molecular flexibility index (Phi) is 4.19. The average molecular weight is 322 g/mol. The topological polar surface area (TPSA) is 38.9 Å². The maximum absolute atomic E-state index is 13.6. The summed E-state index contributed by atoms with van der Waals surface area (Å²) in [5, 5.41) is 0. The summed E-state index contributed by atoms with van der Waals surface area (Å²) in [5.74, 6) is -0.513. The van der Waals surface area contributed by atoms with Gasteiger partial charge in [-0.2, -0.15) is 0 Å². The SMILES string of the molecule is NC(CSc1nc2ccccc2s1)c1cc(F)ccc1F. The van der Waals surface area contributed by atoms with Gasteiger partial charge in [0.1, 0.15) is 11.6 Å². The molecule has 0 amide bonds. The van der Waals surface area contributed by atoms with Crippen molar-refractivity contribution in [3.05, 3.63) is 59.7 Å². The summed E-state index contributed by atoms with van der Waals surface area (Å²) in [7, 11) is 0. The summed E-state index contributed by atoms with van der Waals surface area (Å²) in [4.78, 5) is 4.48. The lowest BCUT2D eigenvalue weighted by atomic mass is 10.1. The number of thiazole rings is 1. The third-order valence-electron chi connectivity index (χ3n) is 3.02. The number of nitrogens with zero attached hydrogens (tertiary/aromatic N) is 1. The second-order valence-corrected chi connectivity index (χ2v) is 6.83. The first-order valence-corrected chi connectivity index (χ1v) is 8.12. The Balaban J connectivity index is 1.73. The third-order valence-corrected chi connectivity index (χ3v) is 5.32. The van der Waals surface area contributed by atoms with Gasteiger partial charge in [-0.1, -0.05) is 23.9 Å². The Bertz CT molecular complexity index is 740. The van der Waals surface area contributed by atoms with Crippen LogP contribution in [0.15, 0.2) is 46.8 Å². The van der Waals surface area contributed by atoms with Crippen LogP contribution >= 0.6 is 23.1 Å². The van der Waals surface area contributed by atoms with E-state index in [0.29, 0.717) is 5.75 Å². The Morgan fingerprint density at radius 2 is 2.00 bits per heavy atom.